The molecule has 4 rings (SSSR count). The van der Waals surface area contributed by atoms with E-state index in [1.807, 2.05) is 37.0 Å². The predicted octanol–water partition coefficient (Wildman–Crippen LogP) is 1.78. The molecule has 0 unspecified atom stereocenters. The van der Waals surface area contributed by atoms with Gasteiger partial charge >= 0.3 is 0 Å². The van der Waals surface area contributed by atoms with E-state index in [-0.39, 0.29) is 11.8 Å². The van der Waals surface area contributed by atoms with Gasteiger partial charge in [-0.1, -0.05) is 6.07 Å². The van der Waals surface area contributed by atoms with Crippen molar-refractivity contribution in [1.29, 1.82) is 0 Å². The van der Waals surface area contributed by atoms with E-state index in [0.29, 0.717) is 19.1 Å². The third-order valence-electron chi connectivity index (χ3n) is 6.61. The number of carbonyl (C=O) groups excluding carboxylic acids is 1. The van der Waals surface area contributed by atoms with Gasteiger partial charge in [0.05, 0.1) is 12.5 Å². The monoisotopic (exact) mass is 425 g/mol. The highest BCUT2D eigenvalue weighted by atomic mass is 16.1. The Kier molecular flexibility index (Phi) is 7.29. The Morgan fingerprint density at radius 3 is 2.74 bits per heavy atom. The van der Waals surface area contributed by atoms with Crippen molar-refractivity contribution in [1.82, 2.24) is 34.9 Å². The minimum atomic E-state index is 0.0979. The van der Waals surface area contributed by atoms with Crippen LogP contribution in [0, 0.1) is 19.8 Å². The molecule has 4 heterocycles. The maximum Gasteiger partial charge on any atom is 0.224 e. The standard InChI is InChI=1S/C23H35N7O/c1-18-26-19(2)30(27-18)14-10-25-23(31)21-6-4-11-29(17-21)22-7-12-28(13-8-22)16-20-5-3-9-24-15-20/h3,5,9,15,21-22H,4,6-8,10-14,16-17H2,1-2H3,(H,25,31)/t21-/m1/s1. The van der Waals surface area contributed by atoms with Crippen LogP contribution in [0.2, 0.25) is 0 Å². The van der Waals surface area contributed by atoms with Gasteiger partial charge in [0.15, 0.2) is 0 Å². The summed E-state index contributed by atoms with van der Waals surface area (Å²) >= 11 is 0. The molecule has 8 heteroatoms. The lowest BCUT2D eigenvalue weighted by Crippen LogP contribution is -2.50. The van der Waals surface area contributed by atoms with Crippen molar-refractivity contribution in [2.24, 2.45) is 5.92 Å². The van der Waals surface area contributed by atoms with Gasteiger partial charge in [-0.2, -0.15) is 5.10 Å². The predicted molar refractivity (Wildman–Crippen MR) is 119 cm³/mol. The van der Waals surface area contributed by atoms with Gasteiger partial charge in [-0.3, -0.25) is 19.6 Å². The van der Waals surface area contributed by atoms with Gasteiger partial charge in [0.2, 0.25) is 5.91 Å². The molecule has 1 amide bonds. The Labute approximate surface area is 185 Å². The quantitative estimate of drug-likeness (QED) is 0.729. The summed E-state index contributed by atoms with van der Waals surface area (Å²) in [5.41, 5.74) is 1.28. The van der Waals surface area contributed by atoms with Crippen molar-refractivity contribution in [3.63, 3.8) is 0 Å². The summed E-state index contributed by atoms with van der Waals surface area (Å²) in [4.78, 5) is 26.4. The average Bonchev–Trinajstić information content (AvgIpc) is 3.12. The van der Waals surface area contributed by atoms with Crippen LogP contribution in [0.25, 0.3) is 0 Å². The molecule has 2 aliphatic rings. The first kappa shape index (κ1) is 21.9. The van der Waals surface area contributed by atoms with Crippen LogP contribution in [0.3, 0.4) is 0 Å². The second-order valence-corrected chi connectivity index (χ2v) is 8.92. The number of nitrogens with zero attached hydrogens (tertiary/aromatic N) is 6. The Morgan fingerprint density at radius 1 is 1.19 bits per heavy atom. The largest absolute Gasteiger partial charge is 0.354 e. The number of hydrogen-bond donors (Lipinski definition) is 1. The van der Waals surface area contributed by atoms with Crippen molar-refractivity contribution >= 4 is 5.91 Å². The van der Waals surface area contributed by atoms with Crippen molar-refractivity contribution < 1.29 is 4.79 Å². The van der Waals surface area contributed by atoms with Crippen molar-refractivity contribution in [3.8, 4) is 0 Å². The molecule has 1 atom stereocenters. The molecule has 0 spiro atoms. The lowest BCUT2D eigenvalue weighted by Gasteiger charge is -2.42. The van der Waals surface area contributed by atoms with Crippen molar-refractivity contribution in [2.75, 3.05) is 32.7 Å². The van der Waals surface area contributed by atoms with Crippen molar-refractivity contribution in [3.05, 3.63) is 41.7 Å². The second kappa shape index (κ2) is 10.3. The molecule has 1 N–H and O–H groups in total. The Bertz CT molecular complexity index is 845. The number of likely N-dealkylation sites (tertiary alicyclic amines) is 2. The van der Waals surface area contributed by atoms with Crippen LogP contribution >= 0.6 is 0 Å². The van der Waals surface area contributed by atoms with Crippen LogP contribution in [0.15, 0.2) is 24.5 Å². The highest BCUT2D eigenvalue weighted by molar-refractivity contribution is 5.78. The molecule has 8 nitrogen and oxygen atoms in total. The second-order valence-electron chi connectivity index (χ2n) is 8.92. The summed E-state index contributed by atoms with van der Waals surface area (Å²) in [5.74, 6) is 1.96. The number of piperidine rings is 2. The third-order valence-corrected chi connectivity index (χ3v) is 6.61. The Hall–Kier alpha value is -2.32. The normalized spacial score (nSPS) is 21.3. The van der Waals surface area contributed by atoms with Gasteiger partial charge in [-0.15, -0.1) is 0 Å². The Morgan fingerprint density at radius 2 is 2.03 bits per heavy atom. The molecule has 2 aromatic rings. The SMILES string of the molecule is Cc1nc(C)n(CCNC(=O)[C@@H]2CCCN(C3CCN(Cc4cccnc4)CC3)C2)n1. The Balaban J connectivity index is 1.20. The third kappa shape index (κ3) is 5.89. The maximum atomic E-state index is 12.8. The first-order chi connectivity index (χ1) is 15.1. The summed E-state index contributed by atoms with van der Waals surface area (Å²) in [5, 5.41) is 7.49. The molecule has 2 aliphatic heterocycles. The van der Waals surface area contributed by atoms with Gasteiger partial charge < -0.3 is 5.32 Å². The molecule has 0 radical (unpaired) electrons. The fourth-order valence-electron chi connectivity index (χ4n) is 4.95. The van der Waals surface area contributed by atoms with Crippen LogP contribution in [0.1, 0.15) is 42.9 Å². The lowest BCUT2D eigenvalue weighted by molar-refractivity contribution is -0.127. The van der Waals surface area contributed by atoms with Crippen LogP contribution in [0.4, 0.5) is 0 Å². The van der Waals surface area contributed by atoms with Gasteiger partial charge in [0.1, 0.15) is 11.6 Å². The van der Waals surface area contributed by atoms with E-state index in [9.17, 15) is 4.79 Å². The summed E-state index contributed by atoms with van der Waals surface area (Å²) in [6.45, 7) is 10.3. The molecule has 0 saturated carbocycles. The molecule has 0 bridgehead atoms. The first-order valence-electron chi connectivity index (χ1n) is 11.6. The topological polar surface area (TPSA) is 79.2 Å². The maximum absolute atomic E-state index is 12.8. The van der Waals surface area contributed by atoms with Gasteiger partial charge in [0, 0.05) is 38.1 Å². The van der Waals surface area contributed by atoms with Crippen molar-refractivity contribution in [2.45, 2.75) is 58.7 Å². The smallest absolute Gasteiger partial charge is 0.224 e. The van der Waals surface area contributed by atoms with Gasteiger partial charge in [-0.25, -0.2) is 9.67 Å². The number of aromatic nitrogens is 4. The number of aryl methyl sites for hydroxylation is 2. The molecule has 31 heavy (non-hydrogen) atoms. The molecule has 0 aliphatic carbocycles. The first-order valence-corrected chi connectivity index (χ1v) is 11.6. The lowest BCUT2D eigenvalue weighted by atomic mass is 9.93. The summed E-state index contributed by atoms with van der Waals surface area (Å²) < 4.78 is 1.86. The van der Waals surface area contributed by atoms with Gasteiger partial charge in [0.25, 0.3) is 0 Å². The van der Waals surface area contributed by atoms with E-state index in [2.05, 4.69) is 36.2 Å². The molecular weight excluding hydrogens is 390 g/mol. The number of rotatable bonds is 7. The molecular formula is C23H35N7O. The minimum absolute atomic E-state index is 0.0979. The molecule has 2 fully saturated rings. The van der Waals surface area contributed by atoms with E-state index in [1.165, 1.54) is 18.4 Å². The fourth-order valence-corrected chi connectivity index (χ4v) is 4.95. The number of pyridine rings is 1. The van der Waals surface area contributed by atoms with Crippen LogP contribution in [-0.2, 0) is 17.9 Å². The van der Waals surface area contributed by atoms with E-state index < -0.39 is 0 Å². The zero-order valence-corrected chi connectivity index (χ0v) is 18.8. The fraction of sp³-hybridized carbons (Fsp3) is 0.652. The number of nitrogens with one attached hydrogen (secondary N) is 1. The van der Waals surface area contributed by atoms with E-state index in [4.69, 9.17) is 0 Å². The summed E-state index contributed by atoms with van der Waals surface area (Å²) in [7, 11) is 0. The minimum Gasteiger partial charge on any atom is -0.354 e. The highest BCUT2D eigenvalue weighted by Gasteiger charge is 2.31. The summed E-state index contributed by atoms with van der Waals surface area (Å²) in [6.07, 6.45) is 8.25. The zero-order chi connectivity index (χ0) is 21.6. The number of carbonyl (C=O) groups is 1. The van der Waals surface area contributed by atoms with Crippen LogP contribution < -0.4 is 5.32 Å². The van der Waals surface area contributed by atoms with Gasteiger partial charge in [-0.05, 0) is 70.8 Å². The zero-order valence-electron chi connectivity index (χ0n) is 18.8. The average molecular weight is 426 g/mol. The van der Waals surface area contributed by atoms with Crippen LogP contribution in [0.5, 0.6) is 0 Å². The summed E-state index contributed by atoms with van der Waals surface area (Å²) in [6, 6.07) is 4.76. The number of amides is 1. The molecule has 168 valence electrons. The molecule has 2 aromatic heterocycles. The van der Waals surface area contributed by atoms with E-state index in [0.717, 1.165) is 57.2 Å². The number of hydrogen-bond acceptors (Lipinski definition) is 6. The van der Waals surface area contributed by atoms with E-state index in [1.54, 1.807) is 0 Å². The van der Waals surface area contributed by atoms with Crippen LogP contribution in [-0.4, -0.2) is 74.2 Å². The highest BCUT2D eigenvalue weighted by Crippen LogP contribution is 2.24. The van der Waals surface area contributed by atoms with E-state index >= 15 is 0 Å². The molecule has 2 saturated heterocycles. The molecule has 0 aromatic carbocycles.